The van der Waals surface area contributed by atoms with Crippen molar-refractivity contribution in [1.29, 1.82) is 0 Å². The molecule has 2 aromatic carbocycles. The van der Waals surface area contributed by atoms with E-state index in [4.69, 9.17) is 9.47 Å². The highest BCUT2D eigenvalue weighted by Crippen LogP contribution is 2.28. The number of hydrogen-bond donors (Lipinski definition) is 3. The molecule has 0 atom stereocenters. The molecule has 0 spiro atoms. The summed E-state index contributed by atoms with van der Waals surface area (Å²) in [5, 5.41) is 20.8. The monoisotopic (exact) mass is 380 g/mol. The topological polar surface area (TPSA) is 109 Å². The highest BCUT2D eigenvalue weighted by atomic mass is 16.5. The van der Waals surface area contributed by atoms with Gasteiger partial charge >= 0.3 is 0 Å². The van der Waals surface area contributed by atoms with Crippen molar-refractivity contribution in [2.75, 3.05) is 13.7 Å². The fraction of sp³-hybridized carbons (Fsp3) is 0.150. The Hall–Kier alpha value is -3.81. The van der Waals surface area contributed by atoms with Crippen LogP contribution in [-0.4, -0.2) is 41.1 Å². The molecule has 0 saturated heterocycles. The molecule has 1 aromatic heterocycles. The highest BCUT2D eigenvalue weighted by molar-refractivity contribution is 5.94. The number of amides is 1. The maximum atomic E-state index is 12.2. The molecule has 0 fully saturated rings. The van der Waals surface area contributed by atoms with Gasteiger partial charge in [-0.3, -0.25) is 9.89 Å². The summed E-state index contributed by atoms with van der Waals surface area (Å²) in [4.78, 5) is 12.2. The van der Waals surface area contributed by atoms with Crippen LogP contribution in [0, 0.1) is 0 Å². The third kappa shape index (κ3) is 4.29. The number of aromatic hydroxyl groups is 1. The molecule has 144 valence electrons. The molecule has 8 heteroatoms. The Labute approximate surface area is 161 Å². The molecule has 0 aliphatic heterocycles. The highest BCUT2D eigenvalue weighted by Gasteiger charge is 2.11. The van der Waals surface area contributed by atoms with E-state index in [-0.39, 0.29) is 11.4 Å². The molecule has 0 aliphatic rings. The lowest BCUT2D eigenvalue weighted by Gasteiger charge is -2.07. The van der Waals surface area contributed by atoms with Crippen molar-refractivity contribution in [3.63, 3.8) is 0 Å². The summed E-state index contributed by atoms with van der Waals surface area (Å²) < 4.78 is 10.5. The van der Waals surface area contributed by atoms with E-state index in [1.54, 1.807) is 31.4 Å². The number of benzene rings is 2. The molecule has 3 N–H and O–H groups in total. The number of rotatable bonds is 7. The van der Waals surface area contributed by atoms with E-state index in [9.17, 15) is 9.90 Å². The van der Waals surface area contributed by atoms with E-state index >= 15 is 0 Å². The maximum absolute atomic E-state index is 12.2. The first kappa shape index (κ1) is 19.0. The lowest BCUT2D eigenvalue weighted by atomic mass is 10.1. The minimum absolute atomic E-state index is 0.0378. The van der Waals surface area contributed by atoms with E-state index in [0.29, 0.717) is 29.4 Å². The lowest BCUT2D eigenvalue weighted by Crippen LogP contribution is -2.18. The van der Waals surface area contributed by atoms with Crippen molar-refractivity contribution >= 4 is 12.1 Å². The minimum Gasteiger partial charge on any atom is -0.504 e. The van der Waals surface area contributed by atoms with Gasteiger partial charge in [-0.1, -0.05) is 18.2 Å². The Morgan fingerprint density at radius 1 is 1.29 bits per heavy atom. The molecule has 0 bridgehead atoms. The normalized spacial score (nSPS) is 10.8. The van der Waals surface area contributed by atoms with E-state index in [1.807, 2.05) is 31.2 Å². The number of aromatic amines is 1. The summed E-state index contributed by atoms with van der Waals surface area (Å²) in [6, 6.07) is 14.0. The Balaban J connectivity index is 1.68. The van der Waals surface area contributed by atoms with Crippen LogP contribution in [0.1, 0.15) is 23.0 Å². The molecule has 0 aliphatic carbocycles. The molecule has 3 aromatic rings. The van der Waals surface area contributed by atoms with Crippen molar-refractivity contribution in [1.82, 2.24) is 15.6 Å². The van der Waals surface area contributed by atoms with Crippen LogP contribution in [0.4, 0.5) is 0 Å². The second kappa shape index (κ2) is 8.72. The van der Waals surface area contributed by atoms with Gasteiger partial charge < -0.3 is 14.6 Å². The van der Waals surface area contributed by atoms with Gasteiger partial charge in [-0.25, -0.2) is 5.43 Å². The van der Waals surface area contributed by atoms with Crippen LogP contribution < -0.4 is 14.9 Å². The number of para-hydroxylation sites is 1. The van der Waals surface area contributed by atoms with Gasteiger partial charge in [0.15, 0.2) is 11.5 Å². The smallest absolute Gasteiger partial charge is 0.289 e. The van der Waals surface area contributed by atoms with Crippen LogP contribution in [0.3, 0.4) is 0 Å². The first-order valence-corrected chi connectivity index (χ1v) is 8.60. The van der Waals surface area contributed by atoms with Crippen LogP contribution in [0.15, 0.2) is 53.6 Å². The number of nitrogens with zero attached hydrogens (tertiary/aromatic N) is 2. The van der Waals surface area contributed by atoms with Gasteiger partial charge in [-0.15, -0.1) is 0 Å². The number of nitrogens with one attached hydrogen (secondary N) is 2. The van der Waals surface area contributed by atoms with Crippen molar-refractivity contribution in [3.05, 3.63) is 59.8 Å². The summed E-state index contributed by atoms with van der Waals surface area (Å²) in [7, 11) is 1.59. The summed E-state index contributed by atoms with van der Waals surface area (Å²) in [6.07, 6.45) is 1.34. The standard InChI is InChI=1S/C20H20N4O4/c1-3-28-18-9-5-7-14(19(18)25)12-21-24-20(26)17-11-16(22-23-17)13-6-4-8-15(10-13)27-2/h4-12,25H,3H2,1-2H3,(H,22,23)(H,24,26)/b21-12-. The summed E-state index contributed by atoms with van der Waals surface area (Å²) in [5.74, 6) is 0.557. The Morgan fingerprint density at radius 3 is 2.89 bits per heavy atom. The van der Waals surface area contributed by atoms with Gasteiger partial charge in [0.05, 0.1) is 25.6 Å². The summed E-state index contributed by atoms with van der Waals surface area (Å²) >= 11 is 0. The number of methoxy groups -OCH3 is 1. The second-order valence-electron chi connectivity index (χ2n) is 5.72. The molecule has 0 radical (unpaired) electrons. The number of phenolic OH excluding ortho intramolecular Hbond substituents is 1. The largest absolute Gasteiger partial charge is 0.504 e. The predicted molar refractivity (Wildman–Crippen MR) is 105 cm³/mol. The van der Waals surface area contributed by atoms with Gasteiger partial charge in [0.2, 0.25) is 0 Å². The van der Waals surface area contributed by atoms with Crippen LogP contribution in [0.25, 0.3) is 11.3 Å². The number of hydrogen-bond acceptors (Lipinski definition) is 6. The van der Waals surface area contributed by atoms with Crippen molar-refractivity contribution in [2.24, 2.45) is 5.10 Å². The average molecular weight is 380 g/mol. The first-order chi connectivity index (χ1) is 13.6. The second-order valence-corrected chi connectivity index (χ2v) is 5.72. The Bertz CT molecular complexity index is 997. The fourth-order valence-electron chi connectivity index (χ4n) is 2.50. The zero-order valence-electron chi connectivity index (χ0n) is 15.5. The van der Waals surface area contributed by atoms with E-state index in [0.717, 1.165) is 5.56 Å². The number of carbonyl (C=O) groups is 1. The van der Waals surface area contributed by atoms with E-state index in [2.05, 4.69) is 20.7 Å². The van der Waals surface area contributed by atoms with Gasteiger partial charge in [-0.2, -0.15) is 10.2 Å². The van der Waals surface area contributed by atoms with E-state index in [1.165, 1.54) is 6.21 Å². The summed E-state index contributed by atoms with van der Waals surface area (Å²) in [5.41, 5.74) is 4.49. The molecule has 3 rings (SSSR count). The number of carbonyl (C=O) groups excluding carboxylic acids is 1. The van der Waals surface area contributed by atoms with Gasteiger partial charge in [0.1, 0.15) is 11.4 Å². The molecule has 1 heterocycles. The van der Waals surface area contributed by atoms with Gasteiger partial charge in [0, 0.05) is 11.1 Å². The number of H-pyrrole nitrogens is 1. The number of phenols is 1. The molecule has 0 unspecified atom stereocenters. The predicted octanol–water partition coefficient (Wildman–Crippen LogP) is 2.95. The minimum atomic E-state index is -0.460. The maximum Gasteiger partial charge on any atom is 0.289 e. The summed E-state index contributed by atoms with van der Waals surface area (Å²) in [6.45, 7) is 2.25. The van der Waals surface area contributed by atoms with Crippen LogP contribution in [-0.2, 0) is 0 Å². The molecule has 1 amide bonds. The average Bonchev–Trinajstić information content (AvgIpc) is 3.21. The number of aromatic nitrogens is 2. The molecule has 0 saturated carbocycles. The van der Waals surface area contributed by atoms with Crippen molar-refractivity contribution in [3.8, 4) is 28.5 Å². The SMILES string of the molecule is CCOc1cccc(/C=N\NC(=O)c2cc(-c3cccc(OC)c3)n[nH]2)c1O. The van der Waals surface area contributed by atoms with Gasteiger partial charge in [0.25, 0.3) is 5.91 Å². The Morgan fingerprint density at radius 2 is 2.11 bits per heavy atom. The lowest BCUT2D eigenvalue weighted by molar-refractivity contribution is 0.0950. The zero-order valence-corrected chi connectivity index (χ0v) is 15.5. The molecule has 28 heavy (non-hydrogen) atoms. The van der Waals surface area contributed by atoms with Crippen LogP contribution in [0.2, 0.25) is 0 Å². The first-order valence-electron chi connectivity index (χ1n) is 8.60. The van der Waals surface area contributed by atoms with Crippen molar-refractivity contribution < 1.29 is 19.4 Å². The molecular formula is C20H20N4O4. The van der Waals surface area contributed by atoms with Gasteiger partial charge in [-0.05, 0) is 37.3 Å². The van der Waals surface area contributed by atoms with Crippen LogP contribution >= 0.6 is 0 Å². The third-order valence-electron chi connectivity index (χ3n) is 3.89. The quantitative estimate of drug-likeness (QED) is 0.431. The molecule has 8 nitrogen and oxygen atoms in total. The fourth-order valence-corrected chi connectivity index (χ4v) is 2.50. The number of ether oxygens (including phenoxy) is 2. The molecular weight excluding hydrogens is 360 g/mol. The zero-order chi connectivity index (χ0) is 19.9. The van der Waals surface area contributed by atoms with Crippen LogP contribution in [0.5, 0.6) is 17.2 Å². The van der Waals surface area contributed by atoms with Crippen molar-refractivity contribution in [2.45, 2.75) is 6.92 Å². The number of hydrazone groups is 1. The Kier molecular flexibility index (Phi) is 5.91. The third-order valence-corrected chi connectivity index (χ3v) is 3.89. The van der Waals surface area contributed by atoms with E-state index < -0.39 is 5.91 Å².